The van der Waals surface area contributed by atoms with Gasteiger partial charge < -0.3 is 20.8 Å². The van der Waals surface area contributed by atoms with Crippen LogP contribution in [0.2, 0.25) is 0 Å². The fraction of sp³-hybridized carbons (Fsp3) is 0.231. The number of nitrogen functional groups attached to an aromatic ring is 1. The van der Waals surface area contributed by atoms with Gasteiger partial charge in [-0.15, -0.1) is 0 Å². The summed E-state index contributed by atoms with van der Waals surface area (Å²) >= 11 is 0. The zero-order valence-corrected chi connectivity index (χ0v) is 10.6. The fourth-order valence-electron chi connectivity index (χ4n) is 1.69. The molecule has 19 heavy (non-hydrogen) atoms. The van der Waals surface area contributed by atoms with Crippen molar-refractivity contribution in [3.63, 3.8) is 0 Å². The first kappa shape index (κ1) is 12.9. The molecule has 6 heteroatoms. The van der Waals surface area contributed by atoms with E-state index < -0.39 is 5.97 Å². The lowest BCUT2D eigenvalue weighted by Gasteiger charge is -2.07. The highest BCUT2D eigenvalue weighted by atomic mass is 16.5. The van der Waals surface area contributed by atoms with E-state index in [9.17, 15) is 4.79 Å². The molecule has 2 aromatic rings. The Hall–Kier alpha value is -2.50. The smallest absolute Gasteiger partial charge is 0.344 e. The van der Waals surface area contributed by atoms with Gasteiger partial charge in [0.05, 0.1) is 12.3 Å². The minimum absolute atomic E-state index is 0.311. The summed E-state index contributed by atoms with van der Waals surface area (Å²) in [6, 6.07) is 3.79. The van der Waals surface area contributed by atoms with Crippen molar-refractivity contribution in [1.82, 2.24) is 9.97 Å². The van der Waals surface area contributed by atoms with Gasteiger partial charge in [0.2, 0.25) is 0 Å². The van der Waals surface area contributed by atoms with E-state index in [1.54, 1.807) is 25.5 Å². The topological polar surface area (TPSA) is 93.0 Å². The predicted molar refractivity (Wildman–Crippen MR) is 72.7 cm³/mol. The predicted octanol–water partition coefficient (Wildman–Crippen LogP) is 1.78. The molecule has 0 radical (unpaired) electrons. The molecule has 0 fully saturated rings. The van der Waals surface area contributed by atoms with Gasteiger partial charge in [-0.2, -0.15) is 0 Å². The van der Waals surface area contributed by atoms with Crippen LogP contribution in [0.15, 0.2) is 30.7 Å². The lowest BCUT2D eigenvalue weighted by molar-refractivity contribution is 0.0529. The number of nitrogens with two attached hydrogens (primary N) is 1. The maximum Gasteiger partial charge on any atom is 0.344 e. The molecule has 2 rings (SSSR count). The van der Waals surface area contributed by atoms with E-state index in [0.29, 0.717) is 30.2 Å². The molecule has 0 amide bonds. The number of carbonyl (C=O) groups is 1. The van der Waals surface area contributed by atoms with Crippen molar-refractivity contribution in [1.29, 1.82) is 0 Å². The van der Waals surface area contributed by atoms with Crippen molar-refractivity contribution in [2.45, 2.75) is 13.5 Å². The molecule has 0 spiro atoms. The van der Waals surface area contributed by atoms with Crippen LogP contribution in [0.1, 0.15) is 22.8 Å². The van der Waals surface area contributed by atoms with Crippen molar-refractivity contribution in [3.8, 4) is 0 Å². The van der Waals surface area contributed by atoms with Crippen LogP contribution < -0.4 is 11.1 Å². The second-order valence-corrected chi connectivity index (χ2v) is 3.93. The van der Waals surface area contributed by atoms with E-state index in [2.05, 4.69) is 15.3 Å². The van der Waals surface area contributed by atoms with Crippen molar-refractivity contribution in [3.05, 3.63) is 41.9 Å². The molecule has 0 aromatic carbocycles. The fourth-order valence-corrected chi connectivity index (χ4v) is 1.69. The molecule has 0 unspecified atom stereocenters. The quantitative estimate of drug-likeness (QED) is 0.712. The zero-order chi connectivity index (χ0) is 13.7. The molecule has 0 saturated heterocycles. The molecule has 0 saturated carbocycles. The second kappa shape index (κ2) is 5.90. The Bertz CT molecular complexity index is 551. The normalized spacial score (nSPS) is 10.2. The van der Waals surface area contributed by atoms with Crippen LogP contribution >= 0.6 is 0 Å². The van der Waals surface area contributed by atoms with Gasteiger partial charge in [-0.05, 0) is 18.6 Å². The first-order valence-corrected chi connectivity index (χ1v) is 5.99. The number of carbonyl (C=O) groups excluding carboxylic acids is 1. The third-order valence-electron chi connectivity index (χ3n) is 2.58. The largest absolute Gasteiger partial charge is 0.462 e. The highest BCUT2D eigenvalue weighted by molar-refractivity contribution is 6.00. The molecule has 6 nitrogen and oxygen atoms in total. The van der Waals surface area contributed by atoms with E-state index in [0.717, 1.165) is 5.56 Å². The van der Waals surface area contributed by atoms with Gasteiger partial charge in [-0.3, -0.25) is 4.98 Å². The number of nitrogens with one attached hydrogen (secondary N) is 2. The van der Waals surface area contributed by atoms with E-state index in [4.69, 9.17) is 10.5 Å². The van der Waals surface area contributed by atoms with Crippen molar-refractivity contribution in [2.75, 3.05) is 17.7 Å². The maximum atomic E-state index is 11.8. The van der Waals surface area contributed by atoms with Gasteiger partial charge in [0, 0.05) is 25.1 Å². The van der Waals surface area contributed by atoms with Crippen molar-refractivity contribution in [2.24, 2.45) is 0 Å². The molecular weight excluding hydrogens is 244 g/mol. The Morgan fingerprint density at radius 3 is 3.11 bits per heavy atom. The van der Waals surface area contributed by atoms with Crippen LogP contribution in [0.4, 0.5) is 11.5 Å². The Labute approximate surface area is 111 Å². The van der Waals surface area contributed by atoms with Gasteiger partial charge in [-0.1, -0.05) is 6.07 Å². The first-order valence-electron chi connectivity index (χ1n) is 5.99. The minimum atomic E-state index is -0.435. The van der Waals surface area contributed by atoms with E-state index in [-0.39, 0.29) is 0 Å². The second-order valence-electron chi connectivity index (χ2n) is 3.93. The molecule has 0 bridgehead atoms. The molecule has 0 aliphatic rings. The van der Waals surface area contributed by atoms with E-state index in [1.807, 2.05) is 12.1 Å². The Morgan fingerprint density at radius 2 is 2.42 bits per heavy atom. The number of rotatable bonds is 5. The number of anilines is 2. The standard InChI is InChI=1S/C13H16N4O2/c1-2-19-13(18)11-10(14)8-17-12(11)16-7-9-4-3-5-15-6-9/h3-6,8,16-17H,2,7,14H2,1H3. The molecule has 2 aromatic heterocycles. The number of nitrogens with zero attached hydrogens (tertiary/aromatic N) is 1. The Balaban J connectivity index is 2.11. The summed E-state index contributed by atoms with van der Waals surface area (Å²) in [4.78, 5) is 18.7. The molecule has 100 valence electrons. The third-order valence-corrected chi connectivity index (χ3v) is 2.58. The molecular formula is C13H16N4O2. The molecule has 4 N–H and O–H groups in total. The maximum absolute atomic E-state index is 11.8. The average molecular weight is 260 g/mol. The van der Waals surface area contributed by atoms with Gasteiger partial charge >= 0.3 is 5.97 Å². The lowest BCUT2D eigenvalue weighted by atomic mass is 10.2. The summed E-state index contributed by atoms with van der Waals surface area (Å²) in [7, 11) is 0. The molecule has 0 aliphatic heterocycles. The monoisotopic (exact) mass is 260 g/mol. The highest BCUT2D eigenvalue weighted by Crippen LogP contribution is 2.22. The molecule has 0 atom stereocenters. The SMILES string of the molecule is CCOC(=O)c1c(N)c[nH]c1NCc1cccnc1. The number of aromatic nitrogens is 2. The molecule has 0 aliphatic carbocycles. The third kappa shape index (κ3) is 3.04. The summed E-state index contributed by atoms with van der Waals surface area (Å²) in [6.07, 6.45) is 5.03. The summed E-state index contributed by atoms with van der Waals surface area (Å²) < 4.78 is 4.97. The highest BCUT2D eigenvalue weighted by Gasteiger charge is 2.18. The van der Waals surface area contributed by atoms with Gasteiger partial charge in [-0.25, -0.2) is 4.79 Å². The number of pyridine rings is 1. The van der Waals surface area contributed by atoms with E-state index >= 15 is 0 Å². The summed E-state index contributed by atoms with van der Waals surface area (Å²) in [5.41, 5.74) is 7.47. The van der Waals surface area contributed by atoms with Crippen LogP contribution in [-0.2, 0) is 11.3 Å². The number of hydrogen-bond acceptors (Lipinski definition) is 5. The Kier molecular flexibility index (Phi) is 4.02. The summed E-state index contributed by atoms with van der Waals surface area (Å²) in [5, 5.41) is 3.11. The molecule has 2 heterocycles. The number of H-pyrrole nitrogens is 1. The Morgan fingerprint density at radius 1 is 1.58 bits per heavy atom. The van der Waals surface area contributed by atoms with E-state index in [1.165, 1.54) is 0 Å². The minimum Gasteiger partial charge on any atom is -0.462 e. The van der Waals surface area contributed by atoms with Crippen LogP contribution in [0.5, 0.6) is 0 Å². The van der Waals surface area contributed by atoms with Gasteiger partial charge in [0.1, 0.15) is 11.4 Å². The van der Waals surface area contributed by atoms with Crippen molar-refractivity contribution < 1.29 is 9.53 Å². The number of aromatic amines is 1. The van der Waals surface area contributed by atoms with Crippen LogP contribution in [0, 0.1) is 0 Å². The number of hydrogen-bond donors (Lipinski definition) is 3. The summed E-state index contributed by atoms with van der Waals surface area (Å²) in [6.45, 7) is 2.61. The number of esters is 1. The first-order chi connectivity index (χ1) is 9.22. The van der Waals surface area contributed by atoms with Crippen LogP contribution in [0.25, 0.3) is 0 Å². The van der Waals surface area contributed by atoms with Crippen molar-refractivity contribution >= 4 is 17.5 Å². The summed E-state index contributed by atoms with van der Waals surface area (Å²) in [5.74, 6) is 0.120. The lowest BCUT2D eigenvalue weighted by Crippen LogP contribution is -2.10. The van der Waals surface area contributed by atoms with Crippen LogP contribution in [-0.4, -0.2) is 22.5 Å². The van der Waals surface area contributed by atoms with Crippen LogP contribution in [0.3, 0.4) is 0 Å². The van der Waals surface area contributed by atoms with Gasteiger partial charge in [0.15, 0.2) is 0 Å². The zero-order valence-electron chi connectivity index (χ0n) is 10.6. The average Bonchev–Trinajstić information content (AvgIpc) is 2.79. The number of ether oxygens (including phenoxy) is 1. The van der Waals surface area contributed by atoms with Gasteiger partial charge in [0.25, 0.3) is 0 Å².